The van der Waals surface area contributed by atoms with Gasteiger partial charge in [-0.05, 0) is 12.1 Å². The number of carbonyl (C=O) groups is 1. The standard InChI is InChI=1S/C10H9ClN4O2/c1-17-10(16)6-3-2-4-13-9(6)15-5-7(11)8(12)14-15/h2-5H,1H3,(H2,12,14). The first-order valence-corrected chi connectivity index (χ1v) is 5.05. The molecule has 88 valence electrons. The largest absolute Gasteiger partial charge is 0.465 e. The van der Waals surface area contributed by atoms with Crippen LogP contribution in [-0.4, -0.2) is 27.8 Å². The molecule has 0 aliphatic heterocycles. The number of esters is 1. The smallest absolute Gasteiger partial charge is 0.341 e. The molecular formula is C10H9ClN4O2. The van der Waals surface area contributed by atoms with Gasteiger partial charge >= 0.3 is 5.97 Å². The van der Waals surface area contributed by atoms with Gasteiger partial charge in [-0.25, -0.2) is 14.5 Å². The third kappa shape index (κ3) is 2.07. The van der Waals surface area contributed by atoms with Crippen molar-refractivity contribution in [2.45, 2.75) is 0 Å². The normalized spacial score (nSPS) is 10.2. The van der Waals surface area contributed by atoms with Crippen LogP contribution in [0.1, 0.15) is 10.4 Å². The van der Waals surface area contributed by atoms with E-state index in [9.17, 15) is 4.79 Å². The average Bonchev–Trinajstić information content (AvgIpc) is 2.68. The highest BCUT2D eigenvalue weighted by Crippen LogP contribution is 2.19. The van der Waals surface area contributed by atoms with Crippen LogP contribution in [0.3, 0.4) is 0 Å². The van der Waals surface area contributed by atoms with Gasteiger partial charge in [0.15, 0.2) is 11.6 Å². The number of halogens is 1. The zero-order valence-electron chi connectivity index (χ0n) is 8.92. The number of methoxy groups -OCH3 is 1. The summed E-state index contributed by atoms with van der Waals surface area (Å²) < 4.78 is 5.99. The van der Waals surface area contributed by atoms with E-state index in [4.69, 9.17) is 17.3 Å². The van der Waals surface area contributed by atoms with Gasteiger partial charge in [0.05, 0.1) is 13.3 Å². The molecule has 6 nitrogen and oxygen atoms in total. The second kappa shape index (κ2) is 4.42. The molecule has 2 rings (SSSR count). The zero-order valence-corrected chi connectivity index (χ0v) is 9.68. The number of aromatic nitrogens is 3. The van der Waals surface area contributed by atoms with E-state index in [0.29, 0.717) is 10.8 Å². The summed E-state index contributed by atoms with van der Waals surface area (Å²) in [5, 5.41) is 4.25. The number of carbonyl (C=O) groups excluding carboxylic acids is 1. The van der Waals surface area contributed by atoms with E-state index >= 15 is 0 Å². The molecule has 0 aliphatic carbocycles. The summed E-state index contributed by atoms with van der Waals surface area (Å²) in [7, 11) is 1.30. The summed E-state index contributed by atoms with van der Waals surface area (Å²) in [6, 6.07) is 3.21. The van der Waals surface area contributed by atoms with Gasteiger partial charge in [0.1, 0.15) is 10.6 Å². The molecule has 7 heteroatoms. The number of nitrogens with zero attached hydrogens (tertiary/aromatic N) is 3. The fourth-order valence-corrected chi connectivity index (χ4v) is 1.45. The third-order valence-electron chi connectivity index (χ3n) is 2.10. The predicted octanol–water partition coefficient (Wildman–Crippen LogP) is 1.29. The first kappa shape index (κ1) is 11.4. The molecule has 2 heterocycles. The van der Waals surface area contributed by atoms with Gasteiger partial charge in [-0.3, -0.25) is 0 Å². The highest BCUT2D eigenvalue weighted by Gasteiger charge is 2.15. The maximum absolute atomic E-state index is 11.5. The number of anilines is 1. The molecule has 2 aromatic heterocycles. The lowest BCUT2D eigenvalue weighted by molar-refractivity contribution is 0.0600. The molecule has 0 atom stereocenters. The van der Waals surface area contributed by atoms with Gasteiger partial charge in [0.25, 0.3) is 0 Å². The van der Waals surface area contributed by atoms with Crippen molar-refractivity contribution in [3.05, 3.63) is 35.1 Å². The van der Waals surface area contributed by atoms with Crippen molar-refractivity contribution in [1.29, 1.82) is 0 Å². The number of ether oxygens (including phenoxy) is 1. The van der Waals surface area contributed by atoms with Crippen molar-refractivity contribution in [3.63, 3.8) is 0 Å². The second-order valence-electron chi connectivity index (χ2n) is 3.17. The summed E-state index contributed by atoms with van der Waals surface area (Å²) in [5.41, 5.74) is 5.82. The Hall–Kier alpha value is -2.08. The van der Waals surface area contributed by atoms with Crippen molar-refractivity contribution >= 4 is 23.4 Å². The molecule has 2 N–H and O–H groups in total. The van der Waals surface area contributed by atoms with E-state index < -0.39 is 5.97 Å². The molecule has 0 aliphatic rings. The zero-order chi connectivity index (χ0) is 12.4. The lowest BCUT2D eigenvalue weighted by atomic mass is 10.2. The van der Waals surface area contributed by atoms with Crippen LogP contribution in [0.25, 0.3) is 5.82 Å². The third-order valence-corrected chi connectivity index (χ3v) is 2.40. The Morgan fingerprint density at radius 3 is 2.94 bits per heavy atom. The Labute approximate surface area is 102 Å². The molecule has 0 radical (unpaired) electrons. The number of pyridine rings is 1. The van der Waals surface area contributed by atoms with Crippen molar-refractivity contribution < 1.29 is 9.53 Å². The number of nitrogens with two attached hydrogens (primary N) is 1. The average molecular weight is 253 g/mol. The van der Waals surface area contributed by atoms with E-state index in [-0.39, 0.29) is 11.4 Å². The minimum Gasteiger partial charge on any atom is -0.465 e. The van der Waals surface area contributed by atoms with Gasteiger partial charge in [-0.15, -0.1) is 5.10 Å². The van der Waals surface area contributed by atoms with Crippen LogP contribution in [0.2, 0.25) is 5.02 Å². The molecule has 2 aromatic rings. The molecule has 0 aromatic carbocycles. The highest BCUT2D eigenvalue weighted by atomic mass is 35.5. The molecule has 0 spiro atoms. The molecular weight excluding hydrogens is 244 g/mol. The van der Waals surface area contributed by atoms with Crippen molar-refractivity contribution in [1.82, 2.24) is 14.8 Å². The van der Waals surface area contributed by atoms with E-state index in [0.717, 1.165) is 0 Å². The Bertz CT molecular complexity index is 548. The molecule has 0 saturated carbocycles. The molecule has 17 heavy (non-hydrogen) atoms. The number of hydrogen-bond donors (Lipinski definition) is 1. The predicted molar refractivity (Wildman–Crippen MR) is 62.1 cm³/mol. The van der Waals surface area contributed by atoms with E-state index in [1.807, 2.05) is 0 Å². The Morgan fingerprint density at radius 1 is 1.59 bits per heavy atom. The van der Waals surface area contributed by atoms with Crippen LogP contribution in [-0.2, 0) is 4.74 Å². The van der Waals surface area contributed by atoms with Crippen LogP contribution in [0, 0.1) is 0 Å². The highest BCUT2D eigenvalue weighted by molar-refractivity contribution is 6.32. The summed E-state index contributed by atoms with van der Waals surface area (Å²) >= 11 is 5.79. The van der Waals surface area contributed by atoms with Crippen LogP contribution in [0.4, 0.5) is 5.82 Å². The summed E-state index contributed by atoms with van der Waals surface area (Å²) in [4.78, 5) is 15.6. The van der Waals surface area contributed by atoms with Crippen LogP contribution >= 0.6 is 11.6 Å². The SMILES string of the molecule is COC(=O)c1cccnc1-n1cc(Cl)c(N)n1. The van der Waals surface area contributed by atoms with Gasteiger partial charge in [-0.1, -0.05) is 11.6 Å². The Kier molecular flexibility index (Phi) is 2.97. The minimum atomic E-state index is -0.502. The van der Waals surface area contributed by atoms with Crippen LogP contribution in [0.5, 0.6) is 0 Å². The first-order valence-electron chi connectivity index (χ1n) is 4.68. The number of hydrogen-bond acceptors (Lipinski definition) is 5. The lowest BCUT2D eigenvalue weighted by Crippen LogP contribution is -2.10. The Morgan fingerprint density at radius 2 is 2.35 bits per heavy atom. The molecule has 0 amide bonds. The van der Waals surface area contributed by atoms with Gasteiger partial charge < -0.3 is 10.5 Å². The van der Waals surface area contributed by atoms with Crippen LogP contribution < -0.4 is 5.73 Å². The topological polar surface area (TPSA) is 83.0 Å². The molecule has 0 bridgehead atoms. The maximum atomic E-state index is 11.5. The van der Waals surface area contributed by atoms with Gasteiger partial charge in [0.2, 0.25) is 0 Å². The summed E-state index contributed by atoms with van der Waals surface area (Å²) in [6.07, 6.45) is 3.01. The van der Waals surface area contributed by atoms with Gasteiger partial charge in [0, 0.05) is 6.20 Å². The van der Waals surface area contributed by atoms with Crippen molar-refractivity contribution in [2.75, 3.05) is 12.8 Å². The quantitative estimate of drug-likeness (QED) is 0.815. The summed E-state index contributed by atoms with van der Waals surface area (Å²) in [6.45, 7) is 0. The number of rotatable bonds is 2. The fourth-order valence-electron chi connectivity index (χ4n) is 1.32. The molecule has 0 fully saturated rings. The molecule has 0 unspecified atom stereocenters. The monoisotopic (exact) mass is 252 g/mol. The van der Waals surface area contributed by atoms with Crippen molar-refractivity contribution in [2.24, 2.45) is 0 Å². The number of nitrogen functional groups attached to an aromatic ring is 1. The summed E-state index contributed by atoms with van der Waals surface area (Å²) in [5.74, 6) is -0.00983. The van der Waals surface area contributed by atoms with E-state index in [1.165, 1.54) is 24.2 Å². The second-order valence-corrected chi connectivity index (χ2v) is 3.58. The first-order chi connectivity index (χ1) is 8.13. The van der Waals surface area contributed by atoms with Gasteiger partial charge in [-0.2, -0.15) is 0 Å². The molecule has 0 saturated heterocycles. The van der Waals surface area contributed by atoms with E-state index in [2.05, 4.69) is 14.8 Å². The van der Waals surface area contributed by atoms with Crippen LogP contribution in [0.15, 0.2) is 24.5 Å². The maximum Gasteiger partial charge on any atom is 0.341 e. The fraction of sp³-hybridized carbons (Fsp3) is 0.100. The lowest BCUT2D eigenvalue weighted by Gasteiger charge is -2.05. The van der Waals surface area contributed by atoms with E-state index in [1.54, 1.807) is 12.1 Å². The minimum absolute atomic E-state index is 0.174. The Balaban J connectivity index is 2.55. The van der Waals surface area contributed by atoms with Crippen molar-refractivity contribution in [3.8, 4) is 5.82 Å².